The van der Waals surface area contributed by atoms with Gasteiger partial charge in [0.2, 0.25) is 0 Å². The molecule has 1 fully saturated rings. The van der Waals surface area contributed by atoms with Crippen molar-refractivity contribution in [2.75, 3.05) is 5.32 Å². The molecule has 0 amide bonds. The SMILES string of the molecule is CC1(C)CCCC(Nc2ccc(-n3cnnn3)cc2)C1. The Morgan fingerprint density at radius 2 is 2.05 bits per heavy atom. The van der Waals surface area contributed by atoms with Gasteiger partial charge in [-0.1, -0.05) is 20.3 Å². The summed E-state index contributed by atoms with van der Waals surface area (Å²) in [4.78, 5) is 0. The molecule has 5 nitrogen and oxygen atoms in total. The van der Waals surface area contributed by atoms with E-state index in [1.807, 2.05) is 12.1 Å². The van der Waals surface area contributed by atoms with Crippen LogP contribution in [0, 0.1) is 5.41 Å². The summed E-state index contributed by atoms with van der Waals surface area (Å²) in [5.41, 5.74) is 2.61. The molecule has 1 unspecified atom stereocenters. The highest BCUT2D eigenvalue weighted by molar-refractivity contribution is 5.49. The van der Waals surface area contributed by atoms with E-state index in [1.54, 1.807) is 11.0 Å². The lowest BCUT2D eigenvalue weighted by atomic mass is 9.75. The summed E-state index contributed by atoms with van der Waals surface area (Å²) >= 11 is 0. The van der Waals surface area contributed by atoms with Gasteiger partial charge < -0.3 is 5.32 Å². The smallest absolute Gasteiger partial charge is 0.143 e. The average molecular weight is 271 g/mol. The Balaban J connectivity index is 1.66. The fraction of sp³-hybridized carbons (Fsp3) is 0.533. The monoisotopic (exact) mass is 271 g/mol. The van der Waals surface area contributed by atoms with Gasteiger partial charge in [0.25, 0.3) is 0 Å². The van der Waals surface area contributed by atoms with Gasteiger partial charge in [-0.3, -0.25) is 0 Å². The van der Waals surface area contributed by atoms with E-state index >= 15 is 0 Å². The van der Waals surface area contributed by atoms with Crippen LogP contribution in [0.2, 0.25) is 0 Å². The number of tetrazole rings is 1. The third-order valence-electron chi connectivity index (χ3n) is 4.06. The number of nitrogens with one attached hydrogen (secondary N) is 1. The van der Waals surface area contributed by atoms with Gasteiger partial charge in [0, 0.05) is 11.7 Å². The summed E-state index contributed by atoms with van der Waals surface area (Å²) in [6, 6.07) is 8.84. The molecule has 0 bridgehead atoms. The zero-order chi connectivity index (χ0) is 14.0. The van der Waals surface area contributed by atoms with E-state index in [0.29, 0.717) is 11.5 Å². The molecule has 1 heterocycles. The van der Waals surface area contributed by atoms with E-state index in [1.165, 1.54) is 31.4 Å². The van der Waals surface area contributed by atoms with E-state index < -0.39 is 0 Å². The van der Waals surface area contributed by atoms with Gasteiger partial charge in [-0.2, -0.15) is 0 Å². The molecule has 1 aliphatic carbocycles. The third kappa shape index (κ3) is 2.98. The van der Waals surface area contributed by atoms with Crippen LogP contribution in [-0.4, -0.2) is 26.2 Å². The Hall–Kier alpha value is -1.91. The maximum absolute atomic E-state index is 3.89. The molecule has 1 atom stereocenters. The molecular weight excluding hydrogens is 250 g/mol. The molecular formula is C15H21N5. The van der Waals surface area contributed by atoms with Crippen LogP contribution in [-0.2, 0) is 0 Å². The minimum Gasteiger partial charge on any atom is -0.382 e. The van der Waals surface area contributed by atoms with Crippen LogP contribution in [0.1, 0.15) is 39.5 Å². The molecule has 1 aliphatic rings. The highest BCUT2D eigenvalue weighted by Gasteiger charge is 2.27. The summed E-state index contributed by atoms with van der Waals surface area (Å²) in [7, 11) is 0. The second kappa shape index (κ2) is 5.23. The van der Waals surface area contributed by atoms with E-state index in [2.05, 4.69) is 46.8 Å². The highest BCUT2D eigenvalue weighted by Crippen LogP contribution is 2.36. The number of hydrogen-bond acceptors (Lipinski definition) is 4. The average Bonchev–Trinajstić information content (AvgIpc) is 2.92. The van der Waals surface area contributed by atoms with Gasteiger partial charge in [0.15, 0.2) is 0 Å². The Labute approximate surface area is 119 Å². The molecule has 2 aromatic rings. The predicted molar refractivity (Wildman–Crippen MR) is 78.8 cm³/mol. The number of anilines is 1. The van der Waals surface area contributed by atoms with Gasteiger partial charge in [0.05, 0.1) is 5.69 Å². The molecule has 0 aliphatic heterocycles. The standard InChI is InChI=1S/C15H21N5/c1-15(2)9-3-4-13(10-15)17-12-5-7-14(8-6-12)20-11-16-18-19-20/h5-8,11,13,17H,3-4,9-10H2,1-2H3. The van der Waals surface area contributed by atoms with E-state index in [9.17, 15) is 0 Å². The van der Waals surface area contributed by atoms with Crippen LogP contribution in [0.4, 0.5) is 5.69 Å². The first-order valence-corrected chi connectivity index (χ1v) is 7.22. The second-order valence-corrected chi connectivity index (χ2v) is 6.40. The molecule has 1 aromatic heterocycles. The summed E-state index contributed by atoms with van der Waals surface area (Å²) in [5, 5.41) is 14.8. The van der Waals surface area contributed by atoms with Crippen molar-refractivity contribution in [2.45, 2.75) is 45.6 Å². The Kier molecular flexibility index (Phi) is 3.42. The maximum Gasteiger partial charge on any atom is 0.143 e. The first-order valence-electron chi connectivity index (χ1n) is 7.22. The third-order valence-corrected chi connectivity index (χ3v) is 4.06. The minimum atomic E-state index is 0.461. The van der Waals surface area contributed by atoms with Crippen molar-refractivity contribution in [3.8, 4) is 5.69 Å². The normalized spacial score (nSPS) is 21.6. The van der Waals surface area contributed by atoms with Crippen molar-refractivity contribution in [2.24, 2.45) is 5.41 Å². The van der Waals surface area contributed by atoms with Crippen LogP contribution in [0.25, 0.3) is 5.69 Å². The molecule has 0 saturated heterocycles. The zero-order valence-corrected chi connectivity index (χ0v) is 12.1. The molecule has 1 aromatic carbocycles. The minimum absolute atomic E-state index is 0.461. The van der Waals surface area contributed by atoms with Crippen molar-refractivity contribution >= 4 is 5.69 Å². The van der Waals surface area contributed by atoms with E-state index in [4.69, 9.17) is 0 Å². The topological polar surface area (TPSA) is 55.6 Å². The van der Waals surface area contributed by atoms with Crippen LogP contribution in [0.15, 0.2) is 30.6 Å². The highest BCUT2D eigenvalue weighted by atomic mass is 15.5. The Morgan fingerprint density at radius 3 is 2.70 bits per heavy atom. The number of nitrogens with zero attached hydrogens (tertiary/aromatic N) is 4. The van der Waals surface area contributed by atoms with Gasteiger partial charge in [-0.25, -0.2) is 4.68 Å². The molecule has 106 valence electrons. The lowest BCUT2D eigenvalue weighted by Crippen LogP contribution is -2.31. The largest absolute Gasteiger partial charge is 0.382 e. The number of aromatic nitrogens is 4. The van der Waals surface area contributed by atoms with Crippen molar-refractivity contribution in [1.82, 2.24) is 20.2 Å². The van der Waals surface area contributed by atoms with Crippen molar-refractivity contribution < 1.29 is 0 Å². The predicted octanol–water partition coefficient (Wildman–Crippen LogP) is 3.04. The fourth-order valence-electron chi connectivity index (χ4n) is 3.05. The lowest BCUT2D eigenvalue weighted by Gasteiger charge is -2.36. The van der Waals surface area contributed by atoms with Crippen molar-refractivity contribution in [3.63, 3.8) is 0 Å². The number of benzene rings is 1. The van der Waals surface area contributed by atoms with E-state index in [0.717, 1.165) is 5.69 Å². The molecule has 3 rings (SSSR count). The summed E-state index contributed by atoms with van der Waals surface area (Å²) in [6.07, 6.45) is 6.75. The van der Waals surface area contributed by atoms with Gasteiger partial charge in [-0.05, 0) is 59.4 Å². The Morgan fingerprint density at radius 1 is 1.25 bits per heavy atom. The molecule has 1 saturated carbocycles. The van der Waals surface area contributed by atoms with Crippen LogP contribution < -0.4 is 5.32 Å². The molecule has 0 spiro atoms. The molecule has 20 heavy (non-hydrogen) atoms. The van der Waals surface area contributed by atoms with Crippen LogP contribution >= 0.6 is 0 Å². The van der Waals surface area contributed by atoms with Crippen LogP contribution in [0.5, 0.6) is 0 Å². The molecule has 0 radical (unpaired) electrons. The number of rotatable bonds is 3. The Bertz CT molecular complexity index is 544. The maximum atomic E-state index is 3.89. The number of hydrogen-bond donors (Lipinski definition) is 1. The van der Waals surface area contributed by atoms with E-state index in [-0.39, 0.29) is 0 Å². The van der Waals surface area contributed by atoms with Gasteiger partial charge >= 0.3 is 0 Å². The van der Waals surface area contributed by atoms with Gasteiger partial charge in [-0.15, -0.1) is 5.10 Å². The zero-order valence-electron chi connectivity index (χ0n) is 12.1. The summed E-state index contributed by atoms with van der Waals surface area (Å²) < 4.78 is 1.66. The quantitative estimate of drug-likeness (QED) is 0.932. The van der Waals surface area contributed by atoms with Crippen molar-refractivity contribution in [3.05, 3.63) is 30.6 Å². The van der Waals surface area contributed by atoms with Crippen molar-refractivity contribution in [1.29, 1.82) is 0 Å². The van der Waals surface area contributed by atoms with Crippen LogP contribution in [0.3, 0.4) is 0 Å². The first-order chi connectivity index (χ1) is 9.62. The first kappa shape index (κ1) is 13.1. The summed E-state index contributed by atoms with van der Waals surface area (Å²) in [6.45, 7) is 4.73. The van der Waals surface area contributed by atoms with Gasteiger partial charge in [0.1, 0.15) is 6.33 Å². The second-order valence-electron chi connectivity index (χ2n) is 6.40. The fourth-order valence-corrected chi connectivity index (χ4v) is 3.05. The molecule has 1 N–H and O–H groups in total. The lowest BCUT2D eigenvalue weighted by molar-refractivity contribution is 0.229. The summed E-state index contributed by atoms with van der Waals surface area (Å²) in [5.74, 6) is 0. The molecule has 5 heteroatoms.